The first kappa shape index (κ1) is 13.1. The molecule has 4 nitrogen and oxygen atoms in total. The Morgan fingerprint density at radius 1 is 1.05 bits per heavy atom. The van der Waals surface area contributed by atoms with Gasteiger partial charge in [-0.2, -0.15) is 0 Å². The van der Waals surface area contributed by atoms with Gasteiger partial charge in [0.1, 0.15) is 5.75 Å². The van der Waals surface area contributed by atoms with E-state index in [9.17, 15) is 13.5 Å². The number of sulfonamides is 1. The fraction of sp³-hybridized carbons (Fsp3) is 0. The molecule has 1 aromatic heterocycles. The molecule has 3 N–H and O–H groups in total. The quantitative estimate of drug-likeness (QED) is 0.764. The van der Waals surface area contributed by atoms with Crippen LogP contribution in [0.4, 0.5) is 0 Å². The van der Waals surface area contributed by atoms with Crippen LogP contribution in [0.3, 0.4) is 0 Å². The molecular formula is C14H11NO3S2. The van der Waals surface area contributed by atoms with Crippen LogP contribution in [-0.2, 0) is 10.0 Å². The molecule has 102 valence electrons. The van der Waals surface area contributed by atoms with E-state index in [0.29, 0.717) is 10.9 Å². The molecule has 0 unspecified atom stereocenters. The molecule has 20 heavy (non-hydrogen) atoms. The summed E-state index contributed by atoms with van der Waals surface area (Å²) in [5, 5.41) is 15.8. The summed E-state index contributed by atoms with van der Waals surface area (Å²) in [6, 6.07) is 13.6. The van der Waals surface area contributed by atoms with E-state index in [1.165, 1.54) is 17.4 Å². The number of rotatable bonds is 2. The zero-order valence-corrected chi connectivity index (χ0v) is 11.9. The van der Waals surface area contributed by atoms with Gasteiger partial charge in [-0.15, -0.1) is 11.3 Å². The van der Waals surface area contributed by atoms with Gasteiger partial charge in [0.2, 0.25) is 10.0 Å². The lowest BCUT2D eigenvalue weighted by Gasteiger charge is -2.04. The monoisotopic (exact) mass is 305 g/mol. The molecule has 0 saturated heterocycles. The van der Waals surface area contributed by atoms with Crippen LogP contribution in [0.2, 0.25) is 0 Å². The van der Waals surface area contributed by atoms with Crippen molar-refractivity contribution >= 4 is 31.4 Å². The lowest BCUT2D eigenvalue weighted by atomic mass is 10.1. The summed E-state index contributed by atoms with van der Waals surface area (Å²) >= 11 is 1.41. The Morgan fingerprint density at radius 3 is 2.50 bits per heavy atom. The number of primary sulfonamides is 1. The third-order valence-electron chi connectivity index (χ3n) is 3.00. The van der Waals surface area contributed by atoms with Crippen LogP contribution < -0.4 is 5.14 Å². The van der Waals surface area contributed by atoms with Gasteiger partial charge in [-0.3, -0.25) is 0 Å². The summed E-state index contributed by atoms with van der Waals surface area (Å²) in [6.45, 7) is 0. The molecule has 0 bridgehead atoms. The second-order valence-corrected chi connectivity index (χ2v) is 6.95. The van der Waals surface area contributed by atoms with Gasteiger partial charge in [0.15, 0.2) is 0 Å². The number of phenols is 1. The molecule has 0 aliphatic heterocycles. The van der Waals surface area contributed by atoms with E-state index in [4.69, 9.17) is 5.14 Å². The van der Waals surface area contributed by atoms with Crippen LogP contribution in [0.25, 0.3) is 20.5 Å². The normalized spacial score (nSPS) is 11.8. The van der Waals surface area contributed by atoms with Crippen LogP contribution >= 0.6 is 11.3 Å². The Hall–Kier alpha value is -1.89. The van der Waals surface area contributed by atoms with Gasteiger partial charge < -0.3 is 5.11 Å². The van der Waals surface area contributed by atoms with Crippen LogP contribution in [0.5, 0.6) is 5.75 Å². The van der Waals surface area contributed by atoms with E-state index in [1.807, 2.05) is 6.07 Å². The minimum absolute atomic E-state index is 0.0889. The van der Waals surface area contributed by atoms with Crippen molar-refractivity contribution in [2.75, 3.05) is 0 Å². The number of nitrogens with two attached hydrogens (primary N) is 1. The maximum Gasteiger partial charge on any atom is 0.238 e. The zero-order valence-electron chi connectivity index (χ0n) is 10.3. The van der Waals surface area contributed by atoms with Crippen molar-refractivity contribution in [1.82, 2.24) is 0 Å². The predicted molar refractivity (Wildman–Crippen MR) is 80.3 cm³/mol. The molecule has 0 radical (unpaired) electrons. The van der Waals surface area contributed by atoms with Crippen LogP contribution in [0, 0.1) is 0 Å². The summed E-state index contributed by atoms with van der Waals surface area (Å²) in [4.78, 5) is 0.845. The third-order valence-corrected chi connectivity index (χ3v) is 5.10. The number of hydrogen-bond acceptors (Lipinski definition) is 4. The van der Waals surface area contributed by atoms with E-state index in [-0.39, 0.29) is 10.6 Å². The van der Waals surface area contributed by atoms with Crippen molar-refractivity contribution in [1.29, 1.82) is 0 Å². The van der Waals surface area contributed by atoms with Gasteiger partial charge in [-0.1, -0.05) is 24.3 Å². The molecule has 0 fully saturated rings. The van der Waals surface area contributed by atoms with E-state index >= 15 is 0 Å². The first-order chi connectivity index (χ1) is 9.47. The maximum absolute atomic E-state index is 11.6. The highest BCUT2D eigenvalue weighted by molar-refractivity contribution is 7.89. The first-order valence-electron chi connectivity index (χ1n) is 5.80. The molecule has 0 saturated carbocycles. The Bertz CT molecular complexity index is 898. The van der Waals surface area contributed by atoms with E-state index < -0.39 is 10.0 Å². The Morgan fingerprint density at radius 2 is 1.80 bits per heavy atom. The number of benzene rings is 2. The number of fused-ring (bicyclic) bond motifs is 1. The molecule has 0 aliphatic rings. The fourth-order valence-corrected chi connectivity index (χ4v) is 4.04. The highest BCUT2D eigenvalue weighted by Crippen LogP contribution is 2.39. The Balaban J connectivity index is 2.29. The highest BCUT2D eigenvalue weighted by Gasteiger charge is 2.16. The molecule has 1 heterocycles. The smallest absolute Gasteiger partial charge is 0.238 e. The molecule has 6 heteroatoms. The molecule has 3 aromatic rings. The zero-order chi connectivity index (χ0) is 14.3. The minimum Gasteiger partial charge on any atom is -0.507 e. The van der Waals surface area contributed by atoms with Crippen LogP contribution in [0.15, 0.2) is 53.4 Å². The molecule has 2 aromatic carbocycles. The lowest BCUT2D eigenvalue weighted by molar-refractivity contribution is 0.482. The van der Waals surface area contributed by atoms with Gasteiger partial charge in [-0.05, 0) is 24.3 Å². The second kappa shape index (κ2) is 4.59. The van der Waals surface area contributed by atoms with Crippen molar-refractivity contribution in [3.63, 3.8) is 0 Å². The van der Waals surface area contributed by atoms with Gasteiger partial charge in [0, 0.05) is 20.5 Å². The van der Waals surface area contributed by atoms with Crippen molar-refractivity contribution in [2.24, 2.45) is 5.14 Å². The topological polar surface area (TPSA) is 80.4 Å². The van der Waals surface area contributed by atoms with Gasteiger partial charge in [0.25, 0.3) is 0 Å². The average molecular weight is 305 g/mol. The molecule has 0 amide bonds. The SMILES string of the molecule is NS(=O)(=O)c1ccccc1-c1cc2c(O)cccc2s1. The van der Waals surface area contributed by atoms with Gasteiger partial charge in [0.05, 0.1) is 4.90 Å². The third kappa shape index (κ3) is 2.18. The summed E-state index contributed by atoms with van der Waals surface area (Å²) in [6.07, 6.45) is 0. The minimum atomic E-state index is -3.79. The lowest BCUT2D eigenvalue weighted by Crippen LogP contribution is -2.13. The van der Waals surface area contributed by atoms with Crippen molar-refractivity contribution < 1.29 is 13.5 Å². The summed E-state index contributed by atoms with van der Waals surface area (Å²) in [5.41, 5.74) is 0.551. The van der Waals surface area contributed by atoms with E-state index in [2.05, 4.69) is 0 Å². The van der Waals surface area contributed by atoms with E-state index in [0.717, 1.165) is 9.58 Å². The van der Waals surface area contributed by atoms with Gasteiger partial charge in [-0.25, -0.2) is 13.6 Å². The molecule has 0 aliphatic carbocycles. The van der Waals surface area contributed by atoms with Crippen LogP contribution in [0.1, 0.15) is 0 Å². The number of thiophene rings is 1. The molecule has 0 atom stereocenters. The molecule has 0 spiro atoms. The summed E-state index contributed by atoms with van der Waals surface area (Å²) in [5.74, 6) is 0.179. The first-order valence-corrected chi connectivity index (χ1v) is 8.17. The average Bonchev–Trinajstić information content (AvgIpc) is 2.83. The maximum atomic E-state index is 11.6. The second-order valence-electron chi connectivity index (χ2n) is 4.34. The Labute approximate surface area is 120 Å². The predicted octanol–water partition coefficient (Wildman–Crippen LogP) is 2.92. The highest BCUT2D eigenvalue weighted by atomic mass is 32.2. The summed E-state index contributed by atoms with van der Waals surface area (Å²) < 4.78 is 24.2. The summed E-state index contributed by atoms with van der Waals surface area (Å²) in [7, 11) is -3.79. The van der Waals surface area contributed by atoms with Crippen LogP contribution in [-0.4, -0.2) is 13.5 Å². The fourth-order valence-electron chi connectivity index (χ4n) is 2.10. The number of aromatic hydroxyl groups is 1. The van der Waals surface area contributed by atoms with Crippen molar-refractivity contribution in [3.05, 3.63) is 48.5 Å². The number of phenolic OH excluding ortho intramolecular Hbond substituents is 1. The largest absolute Gasteiger partial charge is 0.507 e. The van der Waals surface area contributed by atoms with Crippen molar-refractivity contribution in [2.45, 2.75) is 4.90 Å². The van der Waals surface area contributed by atoms with Crippen molar-refractivity contribution in [3.8, 4) is 16.2 Å². The standard InChI is InChI=1S/C14H11NO3S2/c15-20(17,18)14-7-2-1-4-9(14)13-8-10-11(16)5-3-6-12(10)19-13/h1-8,16H,(H2,15,17,18). The Kier molecular flexibility index (Phi) is 3.01. The molecule has 3 rings (SSSR count). The molecular weight excluding hydrogens is 294 g/mol. The van der Waals surface area contributed by atoms with Gasteiger partial charge >= 0.3 is 0 Å². The van der Waals surface area contributed by atoms with E-state index in [1.54, 1.807) is 36.4 Å². The number of hydrogen-bond donors (Lipinski definition) is 2.